The molecule has 0 fully saturated rings. The van der Waals surface area contributed by atoms with Crippen molar-refractivity contribution in [2.24, 2.45) is 5.84 Å². The number of rotatable bonds is 4. The summed E-state index contributed by atoms with van der Waals surface area (Å²) in [6, 6.07) is 1.59. The molecule has 1 rings (SSSR count). The SMILES string of the molecule is COC(=O)CSc1cc(NN)nc(N)n1. The van der Waals surface area contributed by atoms with Gasteiger partial charge in [0.15, 0.2) is 0 Å². The van der Waals surface area contributed by atoms with E-state index in [2.05, 4.69) is 20.1 Å². The van der Waals surface area contributed by atoms with Crippen LogP contribution in [0.4, 0.5) is 11.8 Å². The number of thioether (sulfide) groups is 1. The number of aromatic nitrogens is 2. The van der Waals surface area contributed by atoms with Crippen molar-refractivity contribution in [2.75, 3.05) is 24.0 Å². The molecule has 0 unspecified atom stereocenters. The molecular formula is C7H11N5O2S. The third kappa shape index (κ3) is 3.60. The number of nitrogen functional groups attached to an aromatic ring is 2. The Balaban J connectivity index is 2.68. The van der Waals surface area contributed by atoms with E-state index in [0.717, 1.165) is 0 Å². The van der Waals surface area contributed by atoms with Crippen molar-refractivity contribution in [3.63, 3.8) is 0 Å². The number of nitrogens with zero attached hydrogens (tertiary/aromatic N) is 2. The Kier molecular flexibility index (Phi) is 4.13. The molecular weight excluding hydrogens is 218 g/mol. The van der Waals surface area contributed by atoms with Crippen molar-refractivity contribution >= 4 is 29.5 Å². The monoisotopic (exact) mass is 229 g/mol. The summed E-state index contributed by atoms with van der Waals surface area (Å²) in [7, 11) is 1.32. The van der Waals surface area contributed by atoms with E-state index in [-0.39, 0.29) is 17.7 Å². The van der Waals surface area contributed by atoms with Gasteiger partial charge in [-0.1, -0.05) is 11.8 Å². The number of anilines is 2. The Labute approximate surface area is 90.6 Å². The van der Waals surface area contributed by atoms with E-state index in [4.69, 9.17) is 11.6 Å². The highest BCUT2D eigenvalue weighted by Gasteiger charge is 2.05. The van der Waals surface area contributed by atoms with Crippen LogP contribution in [0.1, 0.15) is 0 Å². The quantitative estimate of drug-likeness (QED) is 0.210. The van der Waals surface area contributed by atoms with Crippen molar-refractivity contribution in [3.05, 3.63) is 6.07 Å². The standard InChI is InChI=1S/C7H11N5O2S/c1-14-6(13)3-15-5-2-4(12-9)10-7(8)11-5/h2H,3,9H2,1H3,(H3,8,10,11,12). The predicted molar refractivity (Wildman–Crippen MR) is 57.0 cm³/mol. The molecule has 0 aliphatic carbocycles. The summed E-state index contributed by atoms with van der Waals surface area (Å²) in [5.74, 6) is 5.50. The van der Waals surface area contributed by atoms with Gasteiger partial charge in [-0.15, -0.1) is 0 Å². The minimum absolute atomic E-state index is 0.0952. The number of hydrazine groups is 1. The van der Waals surface area contributed by atoms with Gasteiger partial charge in [0.1, 0.15) is 10.8 Å². The number of carbonyl (C=O) groups is 1. The van der Waals surface area contributed by atoms with E-state index in [0.29, 0.717) is 10.8 Å². The second kappa shape index (κ2) is 5.37. The van der Waals surface area contributed by atoms with Crippen molar-refractivity contribution in [1.82, 2.24) is 9.97 Å². The summed E-state index contributed by atoms with van der Waals surface area (Å²) in [5, 5.41) is 0.556. The maximum atomic E-state index is 10.9. The van der Waals surface area contributed by atoms with Crippen LogP contribution < -0.4 is 17.0 Å². The molecule has 5 N–H and O–H groups in total. The molecule has 15 heavy (non-hydrogen) atoms. The second-order valence-electron chi connectivity index (χ2n) is 2.46. The lowest BCUT2D eigenvalue weighted by atomic mass is 10.6. The third-order valence-corrected chi connectivity index (χ3v) is 2.32. The van der Waals surface area contributed by atoms with Crippen molar-refractivity contribution in [2.45, 2.75) is 5.03 Å². The fraction of sp³-hybridized carbons (Fsp3) is 0.286. The van der Waals surface area contributed by atoms with Gasteiger partial charge in [-0.25, -0.2) is 10.8 Å². The lowest BCUT2D eigenvalue weighted by Gasteiger charge is -2.03. The van der Waals surface area contributed by atoms with E-state index in [1.54, 1.807) is 6.07 Å². The van der Waals surface area contributed by atoms with Crippen LogP contribution in [-0.2, 0) is 9.53 Å². The summed E-state index contributed by atoms with van der Waals surface area (Å²) < 4.78 is 4.48. The number of methoxy groups -OCH3 is 1. The number of ether oxygens (including phenoxy) is 1. The Morgan fingerprint density at radius 2 is 2.40 bits per heavy atom. The summed E-state index contributed by atoms with van der Waals surface area (Å²) in [4.78, 5) is 18.6. The van der Waals surface area contributed by atoms with Gasteiger partial charge in [0, 0.05) is 6.07 Å². The second-order valence-corrected chi connectivity index (χ2v) is 3.45. The molecule has 0 bridgehead atoms. The van der Waals surface area contributed by atoms with Crippen LogP contribution in [0.2, 0.25) is 0 Å². The van der Waals surface area contributed by atoms with Crippen molar-refractivity contribution < 1.29 is 9.53 Å². The molecule has 0 atom stereocenters. The largest absolute Gasteiger partial charge is 0.468 e. The zero-order valence-electron chi connectivity index (χ0n) is 8.06. The fourth-order valence-corrected chi connectivity index (χ4v) is 1.52. The van der Waals surface area contributed by atoms with Gasteiger partial charge in [0.2, 0.25) is 5.95 Å². The third-order valence-electron chi connectivity index (χ3n) is 1.43. The van der Waals surface area contributed by atoms with Crippen LogP contribution in [0.25, 0.3) is 0 Å². The minimum Gasteiger partial charge on any atom is -0.468 e. The highest BCUT2D eigenvalue weighted by Crippen LogP contribution is 2.18. The average molecular weight is 229 g/mol. The number of hydrogen-bond acceptors (Lipinski definition) is 8. The lowest BCUT2D eigenvalue weighted by molar-refractivity contribution is -0.137. The Morgan fingerprint density at radius 1 is 1.67 bits per heavy atom. The normalized spacial score (nSPS) is 9.73. The molecule has 1 aromatic rings. The first kappa shape index (κ1) is 11.5. The molecule has 0 aliphatic heterocycles. The molecule has 7 nitrogen and oxygen atoms in total. The predicted octanol–water partition coefficient (Wildman–Crippen LogP) is -0.391. The Morgan fingerprint density at radius 3 is 3.00 bits per heavy atom. The van der Waals surface area contributed by atoms with Gasteiger partial charge >= 0.3 is 5.97 Å². The molecule has 8 heteroatoms. The number of carbonyl (C=O) groups excluding carboxylic acids is 1. The van der Waals surface area contributed by atoms with E-state index in [1.165, 1.54) is 18.9 Å². The molecule has 0 saturated carbocycles. The zero-order chi connectivity index (χ0) is 11.3. The molecule has 1 aromatic heterocycles. The van der Waals surface area contributed by atoms with Crippen LogP contribution in [0.3, 0.4) is 0 Å². The van der Waals surface area contributed by atoms with Gasteiger partial charge in [0.05, 0.1) is 12.9 Å². The number of esters is 1. The van der Waals surface area contributed by atoms with Crippen LogP contribution >= 0.6 is 11.8 Å². The van der Waals surface area contributed by atoms with Crippen LogP contribution in [0, 0.1) is 0 Å². The van der Waals surface area contributed by atoms with Crippen LogP contribution in [0.5, 0.6) is 0 Å². The lowest BCUT2D eigenvalue weighted by Crippen LogP contribution is -2.11. The van der Waals surface area contributed by atoms with Gasteiger partial charge in [0.25, 0.3) is 0 Å². The summed E-state index contributed by atoms with van der Waals surface area (Å²) >= 11 is 1.20. The summed E-state index contributed by atoms with van der Waals surface area (Å²) in [6.07, 6.45) is 0. The first-order valence-electron chi connectivity index (χ1n) is 3.96. The molecule has 0 spiro atoms. The smallest absolute Gasteiger partial charge is 0.316 e. The maximum absolute atomic E-state index is 10.9. The molecule has 0 radical (unpaired) electrons. The minimum atomic E-state index is -0.334. The van der Waals surface area contributed by atoms with E-state index in [1.807, 2.05) is 0 Å². The number of nitrogens with one attached hydrogen (secondary N) is 1. The van der Waals surface area contributed by atoms with Crippen molar-refractivity contribution in [1.29, 1.82) is 0 Å². The van der Waals surface area contributed by atoms with Gasteiger partial charge in [-0.2, -0.15) is 4.98 Å². The van der Waals surface area contributed by atoms with Gasteiger partial charge in [-0.3, -0.25) is 4.79 Å². The van der Waals surface area contributed by atoms with Crippen LogP contribution in [-0.4, -0.2) is 28.8 Å². The maximum Gasteiger partial charge on any atom is 0.316 e. The molecule has 0 aliphatic rings. The highest BCUT2D eigenvalue weighted by atomic mass is 32.2. The topological polar surface area (TPSA) is 116 Å². The molecule has 0 saturated heterocycles. The Bertz CT molecular complexity index is 359. The molecule has 0 amide bonds. The van der Waals surface area contributed by atoms with Gasteiger partial charge in [-0.05, 0) is 0 Å². The van der Waals surface area contributed by atoms with Gasteiger partial charge < -0.3 is 15.9 Å². The Hall–Kier alpha value is -1.54. The fourth-order valence-electron chi connectivity index (χ4n) is 0.782. The average Bonchev–Trinajstić information content (AvgIpc) is 2.25. The number of hydrogen-bond donors (Lipinski definition) is 3. The van der Waals surface area contributed by atoms with Crippen molar-refractivity contribution in [3.8, 4) is 0 Å². The first-order valence-corrected chi connectivity index (χ1v) is 4.95. The summed E-state index contributed by atoms with van der Waals surface area (Å²) in [6.45, 7) is 0. The van der Waals surface area contributed by atoms with E-state index < -0.39 is 0 Å². The zero-order valence-corrected chi connectivity index (χ0v) is 8.87. The molecule has 82 valence electrons. The first-order chi connectivity index (χ1) is 7.15. The van der Waals surface area contributed by atoms with E-state index in [9.17, 15) is 4.79 Å². The molecule has 1 heterocycles. The van der Waals surface area contributed by atoms with Crippen LogP contribution in [0.15, 0.2) is 11.1 Å². The highest BCUT2D eigenvalue weighted by molar-refractivity contribution is 7.99. The number of nitrogens with two attached hydrogens (primary N) is 2. The van der Waals surface area contributed by atoms with E-state index >= 15 is 0 Å². The molecule has 0 aromatic carbocycles. The summed E-state index contributed by atoms with van der Waals surface area (Å²) in [5.41, 5.74) is 7.78.